The molecule has 0 saturated carbocycles. The summed E-state index contributed by atoms with van der Waals surface area (Å²) in [5.41, 5.74) is 5.59. The van der Waals surface area contributed by atoms with Crippen LogP contribution in [0.25, 0.3) is 22.3 Å². The summed E-state index contributed by atoms with van der Waals surface area (Å²) in [4.78, 5) is 0. The van der Waals surface area contributed by atoms with E-state index in [1.54, 1.807) is 42.7 Å². The summed E-state index contributed by atoms with van der Waals surface area (Å²) in [6.45, 7) is 0. The molecule has 4 aromatic rings. The fourth-order valence-electron chi connectivity index (χ4n) is 2.48. The number of phenols is 1. The van der Waals surface area contributed by atoms with Crippen molar-refractivity contribution in [2.45, 2.75) is 0 Å². The smallest absolute Gasteiger partial charge is 0.115 e. The Morgan fingerprint density at radius 3 is 1.12 bits per heavy atom. The second-order valence-electron chi connectivity index (χ2n) is 5.24. The van der Waals surface area contributed by atoms with Gasteiger partial charge in [0.05, 0.1) is 12.4 Å². The van der Waals surface area contributed by atoms with Gasteiger partial charge in [-0.25, -0.2) is 0 Å². The van der Waals surface area contributed by atoms with Crippen LogP contribution in [0.1, 0.15) is 0 Å². The lowest BCUT2D eigenvalue weighted by atomic mass is 9.81. The normalized spacial score (nSPS) is 9.76. The summed E-state index contributed by atoms with van der Waals surface area (Å²) in [5, 5.41) is 18.8. The largest absolute Gasteiger partial charge is 0.508 e. The van der Waals surface area contributed by atoms with Crippen LogP contribution in [0.4, 0.5) is 0 Å². The molecule has 4 heteroatoms. The van der Waals surface area contributed by atoms with Gasteiger partial charge in [0, 0.05) is 0 Å². The Labute approximate surface area is 146 Å². The molecule has 0 bridgehead atoms. The Hall–Kier alpha value is -3.53. The van der Waals surface area contributed by atoms with Gasteiger partial charge in [-0.15, -0.1) is 10.2 Å². The fourth-order valence-corrected chi connectivity index (χ4v) is 2.48. The molecule has 4 nitrogen and oxygen atoms in total. The predicted molar refractivity (Wildman–Crippen MR) is 98.8 cm³/mol. The van der Waals surface area contributed by atoms with Crippen molar-refractivity contribution in [3.8, 4) is 28.0 Å². The van der Waals surface area contributed by atoms with Gasteiger partial charge in [0.2, 0.25) is 0 Å². The maximum atomic E-state index is 8.63. The minimum atomic E-state index is 0.322. The molecule has 1 aliphatic carbocycles. The Bertz CT molecular complexity index is 785. The number of aromatic nitrogens is 3. The zero-order valence-electron chi connectivity index (χ0n) is 13.5. The van der Waals surface area contributed by atoms with Crippen LogP contribution in [0.2, 0.25) is 0 Å². The SMILES string of the molecule is Oc1ccccc1.c1ccc2c(c1)-c1ccccc1-2.c1cnnnc1. The number of phenolic OH excluding ortho intramolecular Hbond substituents is 1. The molecule has 5 rings (SSSR count). The van der Waals surface area contributed by atoms with E-state index in [1.165, 1.54) is 22.3 Å². The molecule has 0 amide bonds. The van der Waals surface area contributed by atoms with Crippen LogP contribution in [0.15, 0.2) is 97.3 Å². The van der Waals surface area contributed by atoms with E-state index in [0.29, 0.717) is 5.75 Å². The van der Waals surface area contributed by atoms with Crippen LogP contribution in [0, 0.1) is 0 Å². The van der Waals surface area contributed by atoms with Crippen molar-refractivity contribution in [2.24, 2.45) is 0 Å². The lowest BCUT2D eigenvalue weighted by molar-refractivity contribution is 0.475. The second kappa shape index (κ2) is 8.36. The van der Waals surface area contributed by atoms with E-state index in [9.17, 15) is 0 Å². The predicted octanol–water partition coefficient (Wildman–Crippen LogP) is 4.60. The molecule has 0 unspecified atom stereocenters. The second-order valence-corrected chi connectivity index (χ2v) is 5.24. The van der Waals surface area contributed by atoms with Crippen molar-refractivity contribution >= 4 is 0 Å². The van der Waals surface area contributed by atoms with Crippen LogP contribution < -0.4 is 0 Å². The van der Waals surface area contributed by atoms with E-state index in [2.05, 4.69) is 63.9 Å². The van der Waals surface area contributed by atoms with Crippen molar-refractivity contribution in [3.63, 3.8) is 0 Å². The first-order chi connectivity index (χ1) is 12.4. The molecule has 122 valence electrons. The highest BCUT2D eigenvalue weighted by atomic mass is 16.3. The van der Waals surface area contributed by atoms with Gasteiger partial charge in [-0.2, -0.15) is 0 Å². The van der Waals surface area contributed by atoms with Gasteiger partial charge in [-0.3, -0.25) is 0 Å². The molecule has 1 N–H and O–H groups in total. The van der Waals surface area contributed by atoms with E-state index in [-0.39, 0.29) is 0 Å². The van der Waals surface area contributed by atoms with E-state index in [1.807, 2.05) is 6.07 Å². The Morgan fingerprint density at radius 2 is 0.880 bits per heavy atom. The first-order valence-electron chi connectivity index (χ1n) is 7.87. The summed E-state index contributed by atoms with van der Waals surface area (Å²) in [6, 6.07) is 27.5. The zero-order chi connectivity index (χ0) is 17.3. The number of hydrogen-bond acceptors (Lipinski definition) is 4. The Balaban J connectivity index is 0.000000120. The van der Waals surface area contributed by atoms with E-state index < -0.39 is 0 Å². The summed E-state index contributed by atoms with van der Waals surface area (Å²) < 4.78 is 0. The quantitative estimate of drug-likeness (QED) is 0.452. The van der Waals surface area contributed by atoms with Crippen LogP contribution in [-0.2, 0) is 0 Å². The molecule has 0 radical (unpaired) electrons. The van der Waals surface area contributed by atoms with Gasteiger partial charge in [0.25, 0.3) is 0 Å². The van der Waals surface area contributed by atoms with Crippen molar-refractivity contribution in [2.75, 3.05) is 0 Å². The van der Waals surface area contributed by atoms with E-state index in [4.69, 9.17) is 5.11 Å². The number of aromatic hydroxyl groups is 1. The van der Waals surface area contributed by atoms with Crippen molar-refractivity contribution in [3.05, 3.63) is 97.3 Å². The molecule has 0 saturated heterocycles. The van der Waals surface area contributed by atoms with Gasteiger partial charge in [-0.05, 0) is 45.7 Å². The molecule has 0 spiro atoms. The molecule has 0 aliphatic heterocycles. The fraction of sp³-hybridized carbons (Fsp3) is 0. The summed E-state index contributed by atoms with van der Waals surface area (Å²) in [6.07, 6.45) is 3.15. The number of nitrogens with zero attached hydrogens (tertiary/aromatic N) is 3. The highest BCUT2D eigenvalue weighted by Crippen LogP contribution is 2.46. The number of benzene rings is 3. The molecule has 25 heavy (non-hydrogen) atoms. The monoisotopic (exact) mass is 327 g/mol. The highest BCUT2D eigenvalue weighted by Gasteiger charge is 2.19. The third-order valence-electron chi connectivity index (χ3n) is 3.60. The molecule has 0 atom stereocenters. The summed E-state index contributed by atoms with van der Waals surface area (Å²) in [7, 11) is 0. The van der Waals surface area contributed by atoms with Gasteiger partial charge in [-0.1, -0.05) is 66.7 Å². The molecular weight excluding hydrogens is 310 g/mol. The van der Waals surface area contributed by atoms with Crippen molar-refractivity contribution in [1.29, 1.82) is 0 Å². The van der Waals surface area contributed by atoms with Gasteiger partial charge in [0.1, 0.15) is 5.75 Å². The third-order valence-corrected chi connectivity index (χ3v) is 3.60. The first kappa shape index (κ1) is 16.3. The summed E-state index contributed by atoms with van der Waals surface area (Å²) in [5.74, 6) is 0.322. The molecule has 3 aromatic carbocycles. The molecule has 1 heterocycles. The van der Waals surface area contributed by atoms with E-state index in [0.717, 1.165) is 0 Å². The summed E-state index contributed by atoms with van der Waals surface area (Å²) >= 11 is 0. The van der Waals surface area contributed by atoms with Crippen LogP contribution >= 0.6 is 0 Å². The molecule has 0 fully saturated rings. The number of fused-ring (bicyclic) bond motifs is 4. The van der Waals surface area contributed by atoms with Gasteiger partial charge < -0.3 is 5.11 Å². The average Bonchev–Trinajstić information content (AvgIpc) is 2.69. The minimum absolute atomic E-state index is 0.322. The average molecular weight is 327 g/mol. The molecular formula is C21H17N3O. The Kier molecular flexibility index (Phi) is 5.46. The highest BCUT2D eigenvalue weighted by molar-refractivity contribution is 6.02. The Morgan fingerprint density at radius 1 is 0.480 bits per heavy atom. The topological polar surface area (TPSA) is 58.9 Å². The number of rotatable bonds is 0. The first-order valence-corrected chi connectivity index (χ1v) is 7.87. The third kappa shape index (κ3) is 4.26. The number of hydrogen-bond donors (Lipinski definition) is 1. The van der Waals surface area contributed by atoms with Crippen molar-refractivity contribution in [1.82, 2.24) is 15.4 Å². The zero-order valence-corrected chi connectivity index (χ0v) is 13.5. The van der Waals surface area contributed by atoms with Gasteiger partial charge >= 0.3 is 0 Å². The minimum Gasteiger partial charge on any atom is -0.508 e. The number of para-hydroxylation sites is 1. The van der Waals surface area contributed by atoms with Crippen molar-refractivity contribution < 1.29 is 5.11 Å². The molecule has 1 aromatic heterocycles. The standard InChI is InChI=1S/C12H8.C6H6O.C3H3N3/c1-2-6-10-9(5-1)11-7-3-4-8-12(10)11;7-6-4-2-1-3-5-6;1-2-4-6-5-3-1/h1-8H;1-5,7H;1-3H. The van der Waals surface area contributed by atoms with Crippen LogP contribution in [-0.4, -0.2) is 20.5 Å². The van der Waals surface area contributed by atoms with Crippen LogP contribution in [0.5, 0.6) is 5.75 Å². The maximum Gasteiger partial charge on any atom is 0.115 e. The van der Waals surface area contributed by atoms with Crippen LogP contribution in [0.3, 0.4) is 0 Å². The van der Waals surface area contributed by atoms with E-state index >= 15 is 0 Å². The molecule has 1 aliphatic rings. The lowest BCUT2D eigenvalue weighted by Crippen LogP contribution is -1.96. The maximum absolute atomic E-state index is 8.63. The lowest BCUT2D eigenvalue weighted by Gasteiger charge is -2.22. The van der Waals surface area contributed by atoms with Gasteiger partial charge in [0.15, 0.2) is 0 Å².